The second-order valence-corrected chi connectivity index (χ2v) is 9.09. The molecule has 0 bridgehead atoms. The lowest BCUT2D eigenvalue weighted by molar-refractivity contribution is -0.384. The summed E-state index contributed by atoms with van der Waals surface area (Å²) in [6.07, 6.45) is 14.6. The molecule has 1 aliphatic rings. The molecule has 1 aromatic rings. The van der Waals surface area contributed by atoms with Gasteiger partial charge in [0.2, 0.25) is 0 Å². The molecule has 0 saturated heterocycles. The molecule has 0 amide bonds. The Labute approximate surface area is 223 Å². The van der Waals surface area contributed by atoms with Crippen molar-refractivity contribution >= 4 is 23.6 Å². The third-order valence-corrected chi connectivity index (χ3v) is 6.07. The number of rotatable bonds is 14. The number of hydrogen-bond donors (Lipinski definition) is 1. The number of ether oxygens (including phenoxy) is 1. The van der Waals surface area contributed by atoms with Crippen LogP contribution in [0.2, 0.25) is 0 Å². The number of benzene rings is 1. The van der Waals surface area contributed by atoms with E-state index in [2.05, 4.69) is 13.2 Å². The molecule has 0 saturated carbocycles. The third kappa shape index (κ3) is 8.33. The van der Waals surface area contributed by atoms with E-state index in [0.29, 0.717) is 41.1 Å². The molecule has 1 aromatic carbocycles. The average molecular weight is 525 g/mol. The summed E-state index contributed by atoms with van der Waals surface area (Å²) in [4.78, 5) is 24.8. The van der Waals surface area contributed by atoms with Crippen molar-refractivity contribution in [3.05, 3.63) is 123 Å². The zero-order valence-corrected chi connectivity index (χ0v) is 22.0. The van der Waals surface area contributed by atoms with Crippen LogP contribution in [0, 0.1) is 10.1 Å². The van der Waals surface area contributed by atoms with Crippen LogP contribution < -0.4 is 0 Å². The minimum atomic E-state index is -1.17. The number of likely N-dealkylation sites (N-methyl/N-ethyl adjacent to an activating group) is 1. The summed E-state index contributed by atoms with van der Waals surface area (Å²) in [5.74, 6) is 0. The molecule has 8 heteroatoms. The van der Waals surface area contributed by atoms with E-state index in [9.17, 15) is 20.0 Å². The van der Waals surface area contributed by atoms with E-state index in [0.717, 1.165) is 17.4 Å². The smallest absolute Gasteiger partial charge is 0.269 e. The van der Waals surface area contributed by atoms with Gasteiger partial charge in [0, 0.05) is 41.3 Å². The fourth-order valence-corrected chi connectivity index (χ4v) is 3.99. The Morgan fingerprint density at radius 2 is 2.00 bits per heavy atom. The number of nitro groups is 1. The van der Waals surface area contributed by atoms with E-state index >= 15 is 0 Å². The summed E-state index contributed by atoms with van der Waals surface area (Å²) in [5.41, 5.74) is 2.12. The molecule has 0 heterocycles. The number of halogens is 1. The van der Waals surface area contributed by atoms with E-state index in [1.54, 1.807) is 24.3 Å². The maximum Gasteiger partial charge on any atom is 0.269 e. The average Bonchev–Trinajstić information content (AvgIpc) is 3.14. The minimum absolute atomic E-state index is 0.000435. The molecule has 2 rings (SSSR count). The van der Waals surface area contributed by atoms with E-state index in [1.165, 1.54) is 12.1 Å². The fourth-order valence-electron chi connectivity index (χ4n) is 3.93. The van der Waals surface area contributed by atoms with Crippen LogP contribution in [-0.2, 0) is 16.1 Å². The molecule has 1 unspecified atom stereocenters. The lowest BCUT2D eigenvalue weighted by atomic mass is 9.87. The summed E-state index contributed by atoms with van der Waals surface area (Å²) in [5, 5.41) is 21.1. The van der Waals surface area contributed by atoms with Crippen molar-refractivity contribution in [3.63, 3.8) is 0 Å². The van der Waals surface area contributed by atoms with Crippen LogP contribution in [0.5, 0.6) is 0 Å². The van der Waals surface area contributed by atoms with Gasteiger partial charge in [-0.05, 0) is 43.2 Å². The Balaban J connectivity index is 2.67. The number of carbonyl (C=O) groups excluding carboxylic acids is 1. The van der Waals surface area contributed by atoms with Crippen molar-refractivity contribution in [2.75, 3.05) is 20.3 Å². The molecule has 0 aliphatic heterocycles. The van der Waals surface area contributed by atoms with Gasteiger partial charge in [0.25, 0.3) is 5.69 Å². The number of aldehydes is 1. The zero-order valence-electron chi connectivity index (χ0n) is 21.2. The quantitative estimate of drug-likeness (QED) is 0.0807. The van der Waals surface area contributed by atoms with Gasteiger partial charge in [0.1, 0.15) is 6.29 Å². The van der Waals surface area contributed by atoms with Gasteiger partial charge in [-0.25, -0.2) is 0 Å². The molecule has 0 aromatic heterocycles. The van der Waals surface area contributed by atoms with E-state index < -0.39 is 10.6 Å². The lowest BCUT2D eigenvalue weighted by Crippen LogP contribution is -2.51. The Bertz CT molecular complexity index is 1160. The van der Waals surface area contributed by atoms with Crippen LogP contribution in [0.3, 0.4) is 0 Å². The van der Waals surface area contributed by atoms with Crippen LogP contribution >= 0.6 is 11.6 Å². The third-order valence-electron chi connectivity index (χ3n) is 5.94. The predicted octanol–water partition coefficient (Wildman–Crippen LogP) is 5.94. The SMILES string of the molecule is C=C(Cl)/C=C\C(=C/C)CC(OCC(=C)CO)(C1=CCC=CC=C1C=O)N(C)Cc1ccc([N+](=O)[O-])cc1. The van der Waals surface area contributed by atoms with Crippen LogP contribution in [-0.4, -0.2) is 47.2 Å². The molecule has 0 spiro atoms. The van der Waals surface area contributed by atoms with E-state index in [4.69, 9.17) is 16.3 Å². The monoisotopic (exact) mass is 524 g/mol. The summed E-state index contributed by atoms with van der Waals surface area (Å²) < 4.78 is 6.58. The van der Waals surface area contributed by atoms with Crippen molar-refractivity contribution in [2.24, 2.45) is 0 Å². The van der Waals surface area contributed by atoms with Gasteiger partial charge in [0.15, 0.2) is 5.72 Å². The highest BCUT2D eigenvalue weighted by molar-refractivity contribution is 6.30. The standard InChI is InChI=1S/C29H33ClN2O5/c1-5-24(12-11-23(3)30)17-29(37-21-22(2)19-33,28-10-8-6-7-9-26(28)20-34)31(4)18-25-13-15-27(16-14-25)32(35)36/h5-7,9-16,20,33H,2-3,8,17-19,21H2,1,4H3/b12-11-,24-5+. The highest BCUT2D eigenvalue weighted by Gasteiger charge is 2.42. The topological polar surface area (TPSA) is 92.9 Å². The molecule has 0 radical (unpaired) electrons. The maximum atomic E-state index is 12.2. The summed E-state index contributed by atoms with van der Waals surface area (Å²) >= 11 is 5.98. The first-order valence-electron chi connectivity index (χ1n) is 11.7. The summed E-state index contributed by atoms with van der Waals surface area (Å²) in [7, 11) is 1.86. The lowest BCUT2D eigenvalue weighted by Gasteiger charge is -2.44. The first-order chi connectivity index (χ1) is 17.7. The van der Waals surface area contributed by atoms with Crippen LogP contribution in [0.1, 0.15) is 25.3 Å². The van der Waals surface area contributed by atoms with Crippen LogP contribution in [0.15, 0.2) is 107 Å². The molecule has 0 fully saturated rings. The zero-order chi connectivity index (χ0) is 27.4. The Hall–Kier alpha value is -3.36. The fraction of sp³-hybridized carbons (Fsp3) is 0.276. The number of carbonyl (C=O) groups is 1. The normalized spacial score (nSPS) is 15.6. The molecular formula is C29H33ClN2O5. The van der Waals surface area contributed by atoms with Gasteiger partial charge in [-0.3, -0.25) is 19.8 Å². The van der Waals surface area contributed by atoms with E-state index in [1.807, 2.05) is 49.3 Å². The van der Waals surface area contributed by atoms with Crippen molar-refractivity contribution in [3.8, 4) is 0 Å². The highest BCUT2D eigenvalue weighted by atomic mass is 35.5. The number of allylic oxidation sites excluding steroid dienone is 8. The molecule has 7 nitrogen and oxygen atoms in total. The summed E-state index contributed by atoms with van der Waals surface area (Å²) in [6.45, 7) is 9.63. The number of nitro benzene ring substituents is 1. The number of non-ortho nitro benzene ring substituents is 1. The van der Waals surface area contributed by atoms with Crippen LogP contribution in [0.4, 0.5) is 5.69 Å². The van der Waals surface area contributed by atoms with Gasteiger partial charge >= 0.3 is 0 Å². The van der Waals surface area contributed by atoms with Gasteiger partial charge in [-0.15, -0.1) is 0 Å². The largest absolute Gasteiger partial charge is 0.392 e. The van der Waals surface area contributed by atoms with E-state index in [-0.39, 0.29) is 18.9 Å². The van der Waals surface area contributed by atoms with Crippen LogP contribution in [0.25, 0.3) is 0 Å². The Kier molecular flexibility index (Phi) is 11.6. The second-order valence-electron chi connectivity index (χ2n) is 8.60. The van der Waals surface area contributed by atoms with Gasteiger partial charge in [-0.1, -0.05) is 73.3 Å². The molecule has 1 atom stereocenters. The first-order valence-corrected chi connectivity index (χ1v) is 12.1. The van der Waals surface area contributed by atoms with Crippen molar-refractivity contribution in [1.82, 2.24) is 4.90 Å². The molecule has 196 valence electrons. The van der Waals surface area contributed by atoms with Crippen molar-refractivity contribution in [1.29, 1.82) is 0 Å². The molecular weight excluding hydrogens is 492 g/mol. The minimum Gasteiger partial charge on any atom is -0.392 e. The second kappa shape index (κ2) is 14.4. The number of nitrogens with zero attached hydrogens (tertiary/aromatic N) is 2. The number of aliphatic hydroxyl groups is 1. The van der Waals surface area contributed by atoms with Gasteiger partial charge in [-0.2, -0.15) is 0 Å². The molecule has 1 aliphatic carbocycles. The van der Waals surface area contributed by atoms with Crippen molar-refractivity contribution in [2.45, 2.75) is 32.0 Å². The van der Waals surface area contributed by atoms with Gasteiger partial charge < -0.3 is 9.84 Å². The summed E-state index contributed by atoms with van der Waals surface area (Å²) in [6, 6.07) is 6.30. The highest BCUT2D eigenvalue weighted by Crippen LogP contribution is 2.39. The number of hydrogen-bond acceptors (Lipinski definition) is 6. The first kappa shape index (κ1) is 29.9. The van der Waals surface area contributed by atoms with Crippen molar-refractivity contribution < 1.29 is 19.6 Å². The molecule has 37 heavy (non-hydrogen) atoms. The maximum absolute atomic E-state index is 12.2. The Morgan fingerprint density at radius 1 is 1.30 bits per heavy atom. The molecule has 1 N–H and O–H groups in total. The Morgan fingerprint density at radius 3 is 2.57 bits per heavy atom. The number of aliphatic hydroxyl groups excluding tert-OH is 1. The predicted molar refractivity (Wildman–Crippen MR) is 148 cm³/mol. The van der Waals surface area contributed by atoms with Gasteiger partial charge in [0.05, 0.1) is 18.1 Å².